The molecule has 0 fully saturated rings. The van der Waals surface area contributed by atoms with E-state index in [0.29, 0.717) is 0 Å². The lowest BCUT2D eigenvalue weighted by Gasteiger charge is -2.14. The van der Waals surface area contributed by atoms with E-state index in [1.165, 1.54) is 53.2 Å². The number of halogens is 1. The van der Waals surface area contributed by atoms with Crippen LogP contribution < -0.4 is 0 Å². The maximum Gasteiger partial charge on any atom is 0.0426 e. The van der Waals surface area contributed by atoms with Gasteiger partial charge in [0.2, 0.25) is 0 Å². The molecule has 0 bridgehead atoms. The molecule has 0 aliphatic heterocycles. The number of hydrogen-bond donors (Lipinski definition) is 0. The summed E-state index contributed by atoms with van der Waals surface area (Å²) in [7, 11) is 0. The van der Waals surface area contributed by atoms with Gasteiger partial charge in [0.1, 0.15) is 0 Å². The molecule has 0 aliphatic rings. The summed E-state index contributed by atoms with van der Waals surface area (Å²) in [6, 6.07) is 36.6. The Bertz CT molecular complexity index is 1540. The van der Waals surface area contributed by atoms with Crippen molar-refractivity contribution >= 4 is 53.9 Å². The van der Waals surface area contributed by atoms with E-state index < -0.39 is 0 Å². The topological polar surface area (TPSA) is 0 Å². The van der Waals surface area contributed by atoms with E-state index in [4.69, 9.17) is 11.6 Å². The lowest BCUT2D eigenvalue weighted by Crippen LogP contribution is -1.87. The molecule has 142 valence electrons. The molecule has 0 spiro atoms. The first-order valence-corrected chi connectivity index (χ1v) is 11.2. The summed E-state index contributed by atoms with van der Waals surface area (Å²) < 4.78 is 2.52. The van der Waals surface area contributed by atoms with Crippen molar-refractivity contribution in [3.63, 3.8) is 0 Å². The highest BCUT2D eigenvalue weighted by molar-refractivity contribution is 7.26. The van der Waals surface area contributed by atoms with Gasteiger partial charge in [-0.3, -0.25) is 0 Å². The van der Waals surface area contributed by atoms with Gasteiger partial charge in [-0.05, 0) is 51.2 Å². The highest BCUT2D eigenvalue weighted by atomic mass is 35.5. The molecule has 6 rings (SSSR count). The average molecular weight is 421 g/mol. The largest absolute Gasteiger partial charge is 0.135 e. The summed E-state index contributed by atoms with van der Waals surface area (Å²) in [5, 5.41) is 5.86. The second-order valence-electron chi connectivity index (χ2n) is 7.50. The van der Waals surface area contributed by atoms with Gasteiger partial charge in [0.15, 0.2) is 0 Å². The van der Waals surface area contributed by atoms with Crippen molar-refractivity contribution in [1.82, 2.24) is 0 Å². The van der Waals surface area contributed by atoms with Gasteiger partial charge in [0, 0.05) is 25.2 Å². The zero-order valence-electron chi connectivity index (χ0n) is 16.1. The summed E-state index contributed by atoms with van der Waals surface area (Å²) in [4.78, 5) is 0. The van der Waals surface area contributed by atoms with E-state index in [1.54, 1.807) is 11.3 Å². The Labute approximate surface area is 184 Å². The molecule has 2 heteroatoms. The maximum atomic E-state index is 6.62. The predicted octanol–water partition coefficient (Wildman–Crippen LogP) is 9.20. The van der Waals surface area contributed by atoms with Crippen LogP contribution in [0.5, 0.6) is 0 Å². The summed E-state index contributed by atoms with van der Waals surface area (Å²) in [5.74, 6) is 0. The fraction of sp³-hybridized carbons (Fsp3) is 0. The predicted molar refractivity (Wildman–Crippen MR) is 133 cm³/mol. The van der Waals surface area contributed by atoms with Crippen molar-refractivity contribution in [3.8, 4) is 22.3 Å². The molecule has 1 heterocycles. The molecule has 0 atom stereocenters. The van der Waals surface area contributed by atoms with Crippen LogP contribution in [-0.4, -0.2) is 0 Å². The van der Waals surface area contributed by atoms with Crippen molar-refractivity contribution in [2.24, 2.45) is 0 Å². The van der Waals surface area contributed by atoms with Gasteiger partial charge in [0.05, 0.1) is 0 Å². The summed E-state index contributed by atoms with van der Waals surface area (Å²) in [6.45, 7) is 0. The van der Waals surface area contributed by atoms with E-state index in [-0.39, 0.29) is 0 Å². The molecule has 6 aromatic rings. The van der Waals surface area contributed by atoms with E-state index in [2.05, 4.69) is 103 Å². The molecular formula is C28H17ClS. The third kappa shape index (κ3) is 2.74. The van der Waals surface area contributed by atoms with Gasteiger partial charge in [-0.2, -0.15) is 0 Å². The van der Waals surface area contributed by atoms with Crippen LogP contribution in [-0.2, 0) is 0 Å². The summed E-state index contributed by atoms with van der Waals surface area (Å²) in [6.07, 6.45) is 0. The Morgan fingerprint density at radius 3 is 2.10 bits per heavy atom. The average Bonchev–Trinajstić information content (AvgIpc) is 3.16. The molecule has 0 nitrogen and oxygen atoms in total. The Hall–Kier alpha value is -3.13. The fourth-order valence-corrected chi connectivity index (χ4v) is 5.91. The number of benzene rings is 5. The smallest absolute Gasteiger partial charge is 0.0426 e. The summed E-state index contributed by atoms with van der Waals surface area (Å²) >= 11 is 8.42. The van der Waals surface area contributed by atoms with Crippen LogP contribution in [0.25, 0.3) is 53.2 Å². The number of rotatable bonds is 2. The Kier molecular flexibility index (Phi) is 4.12. The van der Waals surface area contributed by atoms with Crippen LogP contribution >= 0.6 is 22.9 Å². The van der Waals surface area contributed by atoms with Crippen LogP contribution in [0.1, 0.15) is 0 Å². The molecule has 0 unspecified atom stereocenters. The molecule has 5 aromatic carbocycles. The van der Waals surface area contributed by atoms with E-state index in [9.17, 15) is 0 Å². The van der Waals surface area contributed by atoms with Crippen LogP contribution in [0.3, 0.4) is 0 Å². The first kappa shape index (κ1) is 17.7. The lowest BCUT2D eigenvalue weighted by molar-refractivity contribution is 1.64. The highest BCUT2D eigenvalue weighted by Crippen LogP contribution is 2.45. The summed E-state index contributed by atoms with van der Waals surface area (Å²) in [5.41, 5.74) is 4.90. The minimum absolute atomic E-state index is 0.776. The van der Waals surface area contributed by atoms with Gasteiger partial charge in [-0.25, -0.2) is 0 Å². The van der Waals surface area contributed by atoms with Gasteiger partial charge < -0.3 is 0 Å². The van der Waals surface area contributed by atoms with E-state index in [1.807, 2.05) is 0 Å². The third-order valence-electron chi connectivity index (χ3n) is 5.72. The highest BCUT2D eigenvalue weighted by Gasteiger charge is 2.16. The molecule has 0 amide bonds. The van der Waals surface area contributed by atoms with Crippen LogP contribution in [0.4, 0.5) is 0 Å². The van der Waals surface area contributed by atoms with Crippen molar-refractivity contribution in [2.45, 2.75) is 0 Å². The maximum absolute atomic E-state index is 6.62. The molecule has 0 saturated heterocycles. The van der Waals surface area contributed by atoms with Gasteiger partial charge in [-0.1, -0.05) is 96.5 Å². The van der Waals surface area contributed by atoms with Crippen molar-refractivity contribution in [3.05, 3.63) is 108 Å². The van der Waals surface area contributed by atoms with Crippen molar-refractivity contribution in [1.29, 1.82) is 0 Å². The quantitative estimate of drug-likeness (QED) is 0.262. The first-order chi connectivity index (χ1) is 14.8. The second-order valence-corrected chi connectivity index (χ2v) is 9.02. The Morgan fingerprint density at radius 1 is 0.533 bits per heavy atom. The molecule has 0 saturated carbocycles. The monoisotopic (exact) mass is 420 g/mol. The first-order valence-electron chi connectivity index (χ1n) is 9.98. The zero-order chi connectivity index (χ0) is 20.1. The molecule has 1 aromatic heterocycles. The van der Waals surface area contributed by atoms with Crippen LogP contribution in [0, 0.1) is 0 Å². The van der Waals surface area contributed by atoms with Crippen LogP contribution in [0.2, 0.25) is 5.02 Å². The third-order valence-corrected chi connectivity index (χ3v) is 7.06. The Morgan fingerprint density at radius 2 is 1.27 bits per heavy atom. The standard InChI is InChI=1S/C28H17ClS/c29-20-16-24(28-23-12-4-5-15-25(23)30-26(28)17-20)22-14-7-11-19-10-6-13-21(27(19)22)18-8-2-1-3-9-18/h1-17H. The minimum atomic E-state index is 0.776. The molecule has 30 heavy (non-hydrogen) atoms. The van der Waals surface area contributed by atoms with Crippen molar-refractivity contribution in [2.75, 3.05) is 0 Å². The normalized spacial score (nSPS) is 11.5. The number of thiophene rings is 1. The minimum Gasteiger partial charge on any atom is -0.135 e. The number of fused-ring (bicyclic) bond motifs is 4. The second kappa shape index (κ2) is 6.98. The SMILES string of the molecule is Clc1cc(-c2cccc3cccc(-c4ccccc4)c23)c2c(c1)sc1ccccc12. The molecular weight excluding hydrogens is 404 g/mol. The van der Waals surface area contributed by atoms with Gasteiger partial charge >= 0.3 is 0 Å². The van der Waals surface area contributed by atoms with Gasteiger partial charge in [-0.15, -0.1) is 11.3 Å². The molecule has 0 N–H and O–H groups in total. The lowest BCUT2D eigenvalue weighted by atomic mass is 9.90. The van der Waals surface area contributed by atoms with E-state index >= 15 is 0 Å². The fourth-order valence-electron chi connectivity index (χ4n) is 4.46. The van der Waals surface area contributed by atoms with Gasteiger partial charge in [0.25, 0.3) is 0 Å². The number of hydrogen-bond acceptors (Lipinski definition) is 1. The van der Waals surface area contributed by atoms with Crippen LogP contribution in [0.15, 0.2) is 103 Å². The Balaban J connectivity index is 1.78. The zero-order valence-corrected chi connectivity index (χ0v) is 17.7. The molecule has 0 radical (unpaired) electrons. The molecule has 0 aliphatic carbocycles. The van der Waals surface area contributed by atoms with Crippen molar-refractivity contribution < 1.29 is 0 Å². The van der Waals surface area contributed by atoms with E-state index in [0.717, 1.165) is 5.02 Å².